The third-order valence-corrected chi connectivity index (χ3v) is 4.72. The maximum absolute atomic E-state index is 12.6. The van der Waals surface area contributed by atoms with Gasteiger partial charge in [0.25, 0.3) is 0 Å². The molecule has 1 heterocycles. The number of hydrogen-bond acceptors (Lipinski definition) is 4. The fourth-order valence-corrected chi connectivity index (χ4v) is 3.72. The van der Waals surface area contributed by atoms with Crippen LogP contribution in [0.5, 0.6) is 0 Å². The fourth-order valence-electron chi connectivity index (χ4n) is 3.72. The van der Waals surface area contributed by atoms with Gasteiger partial charge in [-0.25, -0.2) is 4.79 Å². The molecule has 0 saturated heterocycles. The van der Waals surface area contributed by atoms with E-state index in [9.17, 15) is 15.0 Å². The lowest BCUT2D eigenvalue weighted by atomic mass is 9.72. The van der Waals surface area contributed by atoms with Crippen LogP contribution in [0.1, 0.15) is 50.7 Å². The molecule has 0 unspecified atom stereocenters. The van der Waals surface area contributed by atoms with Gasteiger partial charge in [0.2, 0.25) is 0 Å². The molecule has 5 nitrogen and oxygen atoms in total. The molecule has 5 heteroatoms. The van der Waals surface area contributed by atoms with E-state index < -0.39 is 17.8 Å². The molecule has 1 saturated carbocycles. The Morgan fingerprint density at radius 2 is 1.91 bits per heavy atom. The van der Waals surface area contributed by atoms with Crippen molar-refractivity contribution in [2.75, 3.05) is 0 Å². The zero-order valence-corrected chi connectivity index (χ0v) is 13.9. The highest BCUT2D eigenvalue weighted by molar-refractivity contribution is 5.69. The van der Waals surface area contributed by atoms with Crippen LogP contribution in [0.2, 0.25) is 0 Å². The molecule has 1 aliphatic heterocycles. The van der Waals surface area contributed by atoms with Crippen molar-refractivity contribution in [2.24, 2.45) is 0 Å². The Morgan fingerprint density at radius 3 is 2.61 bits per heavy atom. The first-order chi connectivity index (χ1) is 10.8. The molecule has 2 aliphatic rings. The van der Waals surface area contributed by atoms with Gasteiger partial charge in [-0.3, -0.25) is 0 Å². The predicted octanol–water partition coefficient (Wildman–Crippen LogP) is 2.41. The van der Waals surface area contributed by atoms with Crippen molar-refractivity contribution in [2.45, 2.75) is 69.9 Å². The lowest BCUT2D eigenvalue weighted by Gasteiger charge is -2.48. The van der Waals surface area contributed by atoms with Gasteiger partial charge < -0.3 is 19.8 Å². The number of carbonyl (C=O) groups excluding carboxylic acids is 1. The lowest BCUT2D eigenvalue weighted by molar-refractivity contribution is -0.0645. The summed E-state index contributed by atoms with van der Waals surface area (Å²) in [6, 6.07) is 7.68. The van der Waals surface area contributed by atoms with E-state index in [4.69, 9.17) is 4.74 Å². The van der Waals surface area contributed by atoms with Crippen molar-refractivity contribution in [1.29, 1.82) is 0 Å². The molecule has 0 radical (unpaired) electrons. The molecule has 3 rings (SSSR count). The molecule has 4 atom stereocenters. The molecule has 1 aliphatic carbocycles. The number of aliphatic hydroxyl groups is 2. The van der Waals surface area contributed by atoms with Gasteiger partial charge in [0.05, 0.1) is 12.2 Å². The normalized spacial score (nSPS) is 30.4. The van der Waals surface area contributed by atoms with Gasteiger partial charge in [0.1, 0.15) is 5.60 Å². The standard InChI is InChI=1S/C18H25NO4/c1-18(2,3)23-17(22)19-10-11-6-4-5-7-12(11)15-13(19)8-9-14(20)16(15)21/h4-7,13-16,20-21H,8-10H2,1-3H3/t13-,14-,15-,16-/m0/s1. The van der Waals surface area contributed by atoms with Crippen molar-refractivity contribution < 1.29 is 19.7 Å². The minimum absolute atomic E-state index is 0.141. The minimum Gasteiger partial charge on any atom is -0.444 e. The van der Waals surface area contributed by atoms with E-state index in [-0.39, 0.29) is 18.1 Å². The summed E-state index contributed by atoms with van der Waals surface area (Å²) >= 11 is 0. The van der Waals surface area contributed by atoms with Crippen molar-refractivity contribution in [3.8, 4) is 0 Å². The fraction of sp³-hybridized carbons (Fsp3) is 0.611. The highest BCUT2D eigenvalue weighted by Crippen LogP contribution is 2.42. The van der Waals surface area contributed by atoms with Gasteiger partial charge in [-0.05, 0) is 44.7 Å². The largest absolute Gasteiger partial charge is 0.444 e. The number of hydrogen-bond donors (Lipinski definition) is 2. The summed E-state index contributed by atoms with van der Waals surface area (Å²) < 4.78 is 5.55. The lowest BCUT2D eigenvalue weighted by Crippen LogP contribution is -2.55. The molecular formula is C18H25NO4. The SMILES string of the molecule is CC(C)(C)OC(=O)N1Cc2ccccc2[C@@H]2[C@@H](O)[C@@H](O)CC[C@@H]21. The molecule has 0 aromatic heterocycles. The molecular weight excluding hydrogens is 294 g/mol. The Bertz CT molecular complexity index is 595. The molecule has 1 amide bonds. The molecule has 2 N–H and O–H groups in total. The maximum atomic E-state index is 12.6. The summed E-state index contributed by atoms with van der Waals surface area (Å²) in [4.78, 5) is 14.3. The summed E-state index contributed by atoms with van der Waals surface area (Å²) in [5.41, 5.74) is 1.48. The van der Waals surface area contributed by atoms with Gasteiger partial charge in [-0.1, -0.05) is 24.3 Å². The Morgan fingerprint density at radius 1 is 1.22 bits per heavy atom. The minimum atomic E-state index is -0.861. The summed E-state index contributed by atoms with van der Waals surface area (Å²) in [6.07, 6.45) is -0.811. The molecule has 126 valence electrons. The van der Waals surface area contributed by atoms with Gasteiger partial charge in [0.15, 0.2) is 0 Å². The van der Waals surface area contributed by atoms with Gasteiger partial charge in [-0.15, -0.1) is 0 Å². The van der Waals surface area contributed by atoms with Gasteiger partial charge >= 0.3 is 6.09 Å². The second-order valence-corrected chi connectivity index (χ2v) is 7.54. The molecule has 0 spiro atoms. The van der Waals surface area contributed by atoms with Crippen LogP contribution in [-0.2, 0) is 11.3 Å². The molecule has 1 aromatic carbocycles. The van der Waals surface area contributed by atoms with E-state index in [1.54, 1.807) is 4.90 Å². The number of nitrogens with zero attached hydrogens (tertiary/aromatic N) is 1. The first kappa shape index (κ1) is 16.3. The average molecular weight is 319 g/mol. The van der Waals surface area contributed by atoms with Crippen LogP contribution >= 0.6 is 0 Å². The first-order valence-corrected chi connectivity index (χ1v) is 8.21. The Labute approximate surface area is 136 Å². The number of amides is 1. The average Bonchev–Trinajstić information content (AvgIpc) is 2.48. The highest BCUT2D eigenvalue weighted by Gasteiger charge is 2.47. The quantitative estimate of drug-likeness (QED) is 0.770. The van der Waals surface area contributed by atoms with Gasteiger partial charge in [-0.2, -0.15) is 0 Å². The van der Waals surface area contributed by atoms with E-state index in [0.717, 1.165) is 11.1 Å². The highest BCUT2D eigenvalue weighted by atomic mass is 16.6. The second-order valence-electron chi connectivity index (χ2n) is 7.54. The van der Waals surface area contributed by atoms with Crippen molar-refractivity contribution in [1.82, 2.24) is 4.90 Å². The third-order valence-electron chi connectivity index (χ3n) is 4.72. The van der Waals surface area contributed by atoms with Crippen molar-refractivity contribution in [3.05, 3.63) is 35.4 Å². The Balaban J connectivity index is 1.96. The zero-order chi connectivity index (χ0) is 16.8. The van der Waals surface area contributed by atoms with E-state index in [1.165, 1.54) is 0 Å². The number of fused-ring (bicyclic) bond motifs is 3. The smallest absolute Gasteiger partial charge is 0.410 e. The van der Waals surface area contributed by atoms with Crippen molar-refractivity contribution in [3.63, 3.8) is 0 Å². The number of rotatable bonds is 0. The van der Waals surface area contributed by atoms with E-state index >= 15 is 0 Å². The van der Waals surface area contributed by atoms with E-state index in [2.05, 4.69) is 0 Å². The Hall–Kier alpha value is -1.59. The monoisotopic (exact) mass is 319 g/mol. The summed E-state index contributed by atoms with van der Waals surface area (Å²) in [7, 11) is 0. The zero-order valence-electron chi connectivity index (χ0n) is 13.9. The number of carbonyl (C=O) groups is 1. The summed E-state index contributed by atoms with van der Waals surface area (Å²) in [5.74, 6) is -0.267. The predicted molar refractivity (Wildman–Crippen MR) is 86.0 cm³/mol. The van der Waals surface area contributed by atoms with Crippen LogP contribution in [0.15, 0.2) is 24.3 Å². The molecule has 23 heavy (non-hydrogen) atoms. The van der Waals surface area contributed by atoms with Crippen LogP contribution in [-0.4, -0.2) is 45.1 Å². The molecule has 1 fully saturated rings. The third kappa shape index (κ3) is 3.08. The second kappa shape index (κ2) is 5.80. The Kier molecular flexibility index (Phi) is 4.10. The van der Waals surface area contributed by atoms with Crippen LogP contribution < -0.4 is 0 Å². The van der Waals surface area contributed by atoms with E-state index in [0.29, 0.717) is 19.4 Å². The topological polar surface area (TPSA) is 70.0 Å². The maximum Gasteiger partial charge on any atom is 0.410 e. The molecule has 0 bridgehead atoms. The van der Waals surface area contributed by atoms with Gasteiger partial charge in [0, 0.05) is 18.5 Å². The molecule has 1 aromatic rings. The van der Waals surface area contributed by atoms with Crippen LogP contribution in [0.3, 0.4) is 0 Å². The number of ether oxygens (including phenoxy) is 1. The number of benzene rings is 1. The summed E-state index contributed by atoms with van der Waals surface area (Å²) in [6.45, 7) is 6.02. The van der Waals surface area contributed by atoms with E-state index in [1.807, 2.05) is 45.0 Å². The van der Waals surface area contributed by atoms with Crippen LogP contribution in [0.25, 0.3) is 0 Å². The first-order valence-electron chi connectivity index (χ1n) is 8.21. The summed E-state index contributed by atoms with van der Waals surface area (Å²) in [5, 5.41) is 20.6. The van der Waals surface area contributed by atoms with Crippen LogP contribution in [0, 0.1) is 0 Å². The number of aliphatic hydroxyl groups excluding tert-OH is 2. The van der Waals surface area contributed by atoms with Crippen LogP contribution in [0.4, 0.5) is 4.79 Å². The van der Waals surface area contributed by atoms with Crippen molar-refractivity contribution >= 4 is 6.09 Å².